The Balaban J connectivity index is 1.84. The van der Waals surface area contributed by atoms with Crippen molar-refractivity contribution in [2.45, 2.75) is 63.8 Å². The van der Waals surface area contributed by atoms with Gasteiger partial charge in [0.1, 0.15) is 0 Å². The molecule has 0 amide bonds. The number of fused-ring (bicyclic) bond motifs is 1. The Morgan fingerprint density at radius 2 is 1.75 bits per heavy atom. The highest BCUT2D eigenvalue weighted by Crippen LogP contribution is 2.31. The van der Waals surface area contributed by atoms with Gasteiger partial charge in [0.25, 0.3) is 0 Å². The number of hydrogen-bond donors (Lipinski definition) is 2. The molecule has 0 radical (unpaired) electrons. The van der Waals surface area contributed by atoms with Gasteiger partial charge in [-0.05, 0) is 61.6 Å². The van der Waals surface area contributed by atoms with Gasteiger partial charge in [0, 0.05) is 0 Å². The van der Waals surface area contributed by atoms with Gasteiger partial charge >= 0.3 is 0 Å². The molecule has 1 aromatic rings. The van der Waals surface area contributed by atoms with Gasteiger partial charge < -0.3 is 0 Å². The maximum atomic E-state index is 5.88. The first-order chi connectivity index (χ1) is 9.88. The minimum atomic E-state index is 0.207. The number of aryl methyl sites for hydroxylation is 2. The van der Waals surface area contributed by atoms with Crippen LogP contribution in [0.5, 0.6) is 0 Å². The molecule has 2 aliphatic carbocycles. The van der Waals surface area contributed by atoms with Gasteiger partial charge in [-0.15, -0.1) is 0 Å². The Morgan fingerprint density at radius 3 is 2.65 bits per heavy atom. The van der Waals surface area contributed by atoms with E-state index < -0.39 is 0 Å². The van der Waals surface area contributed by atoms with Crippen LogP contribution < -0.4 is 11.3 Å². The summed E-state index contributed by atoms with van der Waals surface area (Å²) >= 11 is 0. The normalized spacial score (nSPS) is 23.4. The minimum absolute atomic E-state index is 0.207. The molecule has 2 nitrogen and oxygen atoms in total. The summed E-state index contributed by atoms with van der Waals surface area (Å²) in [7, 11) is 0. The smallest absolute Gasteiger partial charge is 0.0670 e. The largest absolute Gasteiger partial charge is 0.271 e. The van der Waals surface area contributed by atoms with Crippen molar-refractivity contribution in [2.24, 2.45) is 5.84 Å². The second kappa shape index (κ2) is 6.55. The first-order valence-corrected chi connectivity index (χ1v) is 8.15. The lowest BCUT2D eigenvalue weighted by Gasteiger charge is -2.22. The zero-order chi connectivity index (χ0) is 13.8. The fourth-order valence-electron chi connectivity index (χ4n) is 3.67. The summed E-state index contributed by atoms with van der Waals surface area (Å²) < 4.78 is 0. The topological polar surface area (TPSA) is 38.0 Å². The van der Waals surface area contributed by atoms with Crippen molar-refractivity contribution >= 4 is 0 Å². The number of rotatable bonds is 3. The zero-order valence-electron chi connectivity index (χ0n) is 12.3. The van der Waals surface area contributed by atoms with E-state index in [-0.39, 0.29) is 6.04 Å². The number of hydrogen-bond acceptors (Lipinski definition) is 2. The summed E-state index contributed by atoms with van der Waals surface area (Å²) in [4.78, 5) is 0. The lowest BCUT2D eigenvalue weighted by Crippen LogP contribution is -2.29. The molecule has 1 atom stereocenters. The molecule has 0 fully saturated rings. The van der Waals surface area contributed by atoms with Gasteiger partial charge in [-0.1, -0.05) is 42.7 Å². The number of hydrazine groups is 1. The Morgan fingerprint density at radius 1 is 0.900 bits per heavy atom. The van der Waals surface area contributed by atoms with Crippen molar-refractivity contribution in [2.75, 3.05) is 0 Å². The lowest BCUT2D eigenvalue weighted by atomic mass is 9.90. The van der Waals surface area contributed by atoms with E-state index in [9.17, 15) is 0 Å². The van der Waals surface area contributed by atoms with Crippen LogP contribution in [0, 0.1) is 0 Å². The molecular formula is C18H26N2. The number of benzene rings is 1. The van der Waals surface area contributed by atoms with Crippen LogP contribution in [-0.4, -0.2) is 0 Å². The minimum Gasteiger partial charge on any atom is -0.271 e. The number of nitrogens with two attached hydrogens (primary N) is 1. The fourth-order valence-corrected chi connectivity index (χ4v) is 3.67. The van der Waals surface area contributed by atoms with E-state index in [2.05, 4.69) is 29.7 Å². The van der Waals surface area contributed by atoms with E-state index in [1.165, 1.54) is 80.1 Å². The maximum absolute atomic E-state index is 5.88. The van der Waals surface area contributed by atoms with E-state index in [4.69, 9.17) is 5.84 Å². The molecule has 1 unspecified atom stereocenters. The standard InChI is InChI=1S/C18H26N2/c19-20-18(15-7-4-2-1-3-5-8-15)17-12-11-14-9-6-10-16(14)13-17/h7,11-13,18,20H,1-6,8-10,19H2/b15-7+. The third-order valence-corrected chi connectivity index (χ3v) is 4.82. The highest BCUT2D eigenvalue weighted by Gasteiger charge is 2.18. The van der Waals surface area contributed by atoms with Crippen LogP contribution in [0.4, 0.5) is 0 Å². The Labute approximate surface area is 122 Å². The van der Waals surface area contributed by atoms with E-state index in [0.29, 0.717) is 0 Å². The highest BCUT2D eigenvalue weighted by molar-refractivity contribution is 5.39. The van der Waals surface area contributed by atoms with Gasteiger partial charge in [0.2, 0.25) is 0 Å². The van der Waals surface area contributed by atoms with Crippen molar-refractivity contribution in [1.29, 1.82) is 0 Å². The molecule has 3 N–H and O–H groups in total. The van der Waals surface area contributed by atoms with E-state index in [1.54, 1.807) is 0 Å². The fraction of sp³-hybridized carbons (Fsp3) is 0.556. The van der Waals surface area contributed by atoms with E-state index >= 15 is 0 Å². The predicted molar refractivity (Wildman–Crippen MR) is 84.3 cm³/mol. The second-order valence-electron chi connectivity index (χ2n) is 6.21. The molecule has 0 saturated carbocycles. The third-order valence-electron chi connectivity index (χ3n) is 4.82. The van der Waals surface area contributed by atoms with Gasteiger partial charge in [-0.3, -0.25) is 5.84 Å². The van der Waals surface area contributed by atoms with Gasteiger partial charge in [0.05, 0.1) is 6.04 Å². The maximum Gasteiger partial charge on any atom is 0.0670 e. The van der Waals surface area contributed by atoms with Crippen LogP contribution in [0.15, 0.2) is 29.8 Å². The van der Waals surface area contributed by atoms with Crippen molar-refractivity contribution < 1.29 is 0 Å². The SMILES string of the molecule is NNC(/C1=C/CCCCCC1)c1ccc2c(c1)CCC2. The molecule has 0 heterocycles. The summed E-state index contributed by atoms with van der Waals surface area (Å²) in [6.45, 7) is 0. The molecule has 0 spiro atoms. The molecule has 20 heavy (non-hydrogen) atoms. The van der Waals surface area contributed by atoms with Crippen LogP contribution in [0.3, 0.4) is 0 Å². The Hall–Kier alpha value is -1.12. The van der Waals surface area contributed by atoms with E-state index in [0.717, 1.165) is 0 Å². The Bertz CT molecular complexity index is 490. The number of nitrogens with one attached hydrogen (secondary N) is 1. The van der Waals surface area contributed by atoms with Crippen LogP contribution in [0.1, 0.15) is 67.7 Å². The van der Waals surface area contributed by atoms with Gasteiger partial charge in [-0.25, -0.2) is 5.43 Å². The van der Waals surface area contributed by atoms with Crippen molar-refractivity contribution in [1.82, 2.24) is 5.43 Å². The van der Waals surface area contributed by atoms with Crippen molar-refractivity contribution in [3.8, 4) is 0 Å². The molecule has 0 bridgehead atoms. The van der Waals surface area contributed by atoms with Crippen molar-refractivity contribution in [3.63, 3.8) is 0 Å². The quantitative estimate of drug-likeness (QED) is 0.495. The Kier molecular flexibility index (Phi) is 4.54. The highest BCUT2D eigenvalue weighted by atomic mass is 15.2. The molecule has 0 saturated heterocycles. The van der Waals surface area contributed by atoms with Crippen LogP contribution in [0.2, 0.25) is 0 Å². The first-order valence-electron chi connectivity index (χ1n) is 8.15. The molecule has 3 rings (SSSR count). The lowest BCUT2D eigenvalue weighted by molar-refractivity contribution is 0.555. The average Bonchev–Trinajstić information content (AvgIpc) is 2.89. The molecular weight excluding hydrogens is 244 g/mol. The molecule has 2 heteroatoms. The molecule has 0 aromatic heterocycles. The second-order valence-corrected chi connectivity index (χ2v) is 6.21. The summed E-state index contributed by atoms with van der Waals surface area (Å²) in [5.41, 5.74) is 8.97. The van der Waals surface area contributed by atoms with Crippen LogP contribution in [0.25, 0.3) is 0 Å². The molecule has 108 valence electrons. The van der Waals surface area contributed by atoms with Crippen LogP contribution >= 0.6 is 0 Å². The summed E-state index contributed by atoms with van der Waals surface area (Å²) in [6, 6.07) is 7.17. The summed E-state index contributed by atoms with van der Waals surface area (Å²) in [6.07, 6.45) is 14.0. The molecule has 0 aliphatic heterocycles. The first kappa shape index (κ1) is 13.8. The molecule has 2 aliphatic rings. The summed E-state index contributed by atoms with van der Waals surface area (Å²) in [5, 5.41) is 0. The number of allylic oxidation sites excluding steroid dienone is 1. The molecule has 1 aromatic carbocycles. The average molecular weight is 270 g/mol. The third kappa shape index (κ3) is 2.97. The van der Waals surface area contributed by atoms with Gasteiger partial charge in [0.15, 0.2) is 0 Å². The van der Waals surface area contributed by atoms with Crippen molar-refractivity contribution in [3.05, 3.63) is 46.5 Å². The zero-order valence-corrected chi connectivity index (χ0v) is 12.3. The van der Waals surface area contributed by atoms with Gasteiger partial charge in [-0.2, -0.15) is 0 Å². The van der Waals surface area contributed by atoms with Crippen LogP contribution in [-0.2, 0) is 12.8 Å². The predicted octanol–water partition coefficient (Wildman–Crippen LogP) is 3.96. The monoisotopic (exact) mass is 270 g/mol. The van der Waals surface area contributed by atoms with E-state index in [1.807, 2.05) is 0 Å². The summed E-state index contributed by atoms with van der Waals surface area (Å²) in [5.74, 6) is 5.88.